The van der Waals surface area contributed by atoms with Crippen LogP contribution < -0.4 is 4.74 Å². The second kappa shape index (κ2) is 9.33. The van der Waals surface area contributed by atoms with Crippen LogP contribution >= 0.6 is 31.9 Å². The second-order valence-corrected chi connectivity index (χ2v) is 14.2. The molecule has 0 aliphatic heterocycles. The first kappa shape index (κ1) is 21.6. The van der Waals surface area contributed by atoms with Crippen LogP contribution in [-0.2, 0) is 9.53 Å². The van der Waals surface area contributed by atoms with Gasteiger partial charge in [0.05, 0.1) is 8.95 Å². The maximum absolute atomic E-state index is 10.9. The molecule has 136 valence electrons. The van der Waals surface area contributed by atoms with Crippen molar-refractivity contribution >= 4 is 45.9 Å². The Balaban J connectivity index is 2.69. The fourth-order valence-corrected chi connectivity index (χ4v) is 4.12. The Kier molecular flexibility index (Phi) is 8.41. The molecule has 0 bridgehead atoms. The van der Waals surface area contributed by atoms with Crippen LogP contribution in [0.3, 0.4) is 0 Å². The second-order valence-electron chi connectivity index (χ2n) is 6.87. The molecule has 2 atom stereocenters. The van der Waals surface area contributed by atoms with Crippen LogP contribution in [0, 0.1) is 0 Å². The van der Waals surface area contributed by atoms with Crippen LogP contribution in [0.25, 0.3) is 0 Å². The Hall–Kier alpha value is -0.413. The molecule has 2 N–H and O–H groups in total. The highest BCUT2D eigenvalue weighted by Crippen LogP contribution is 2.37. The largest absolute Gasteiger partial charge is 0.479 e. The van der Waals surface area contributed by atoms with Gasteiger partial charge >= 0.3 is 5.97 Å². The Labute approximate surface area is 160 Å². The summed E-state index contributed by atoms with van der Waals surface area (Å²) in [6.45, 7) is 9.34. The number of aliphatic hydroxyl groups is 1. The fourth-order valence-electron chi connectivity index (χ4n) is 1.91. The Morgan fingerprint density at radius 2 is 1.79 bits per heavy atom. The summed E-state index contributed by atoms with van der Waals surface area (Å²) in [7, 11) is -1.12. The van der Waals surface area contributed by atoms with E-state index < -0.39 is 26.1 Å². The van der Waals surface area contributed by atoms with Gasteiger partial charge in [0.25, 0.3) is 0 Å². The summed E-state index contributed by atoms with van der Waals surface area (Å²) in [5.74, 6) is -1.20. The summed E-state index contributed by atoms with van der Waals surface area (Å²) in [5, 5.41) is 18.6. The van der Waals surface area contributed by atoms with Gasteiger partial charge in [-0.2, -0.15) is 0 Å². The minimum Gasteiger partial charge on any atom is -0.479 e. The van der Waals surface area contributed by atoms with Gasteiger partial charge in [0.2, 0.25) is 0 Å². The molecule has 1 aromatic rings. The van der Waals surface area contributed by atoms with Gasteiger partial charge in [-0.25, -0.2) is 4.79 Å². The molecule has 1 aromatic carbocycles. The van der Waals surface area contributed by atoms with Gasteiger partial charge in [-0.1, -0.05) is 26.6 Å². The van der Waals surface area contributed by atoms with E-state index in [0.717, 1.165) is 6.04 Å². The maximum Gasteiger partial charge on any atom is 0.333 e. The monoisotopic (exact) mass is 482 g/mol. The van der Waals surface area contributed by atoms with Gasteiger partial charge in [0, 0.05) is 20.6 Å². The van der Waals surface area contributed by atoms with Crippen molar-refractivity contribution in [3.8, 4) is 5.75 Å². The lowest BCUT2D eigenvalue weighted by Crippen LogP contribution is -2.25. The Morgan fingerprint density at radius 1 is 1.25 bits per heavy atom. The first-order valence-electron chi connectivity index (χ1n) is 7.63. The molecule has 0 amide bonds. The van der Waals surface area contributed by atoms with Crippen LogP contribution in [0.15, 0.2) is 21.1 Å². The molecule has 0 aliphatic carbocycles. The number of benzene rings is 1. The molecule has 24 heavy (non-hydrogen) atoms. The molecule has 0 heterocycles. The van der Waals surface area contributed by atoms with E-state index in [-0.39, 0.29) is 6.79 Å². The van der Waals surface area contributed by atoms with Crippen molar-refractivity contribution in [3.63, 3.8) is 0 Å². The zero-order valence-corrected chi connectivity index (χ0v) is 18.5. The Bertz CT molecular complexity index is 551. The van der Waals surface area contributed by atoms with Crippen LogP contribution in [0.4, 0.5) is 0 Å². The molecule has 5 nitrogen and oxygen atoms in total. The molecule has 0 saturated carbocycles. The first-order valence-corrected chi connectivity index (χ1v) is 12.9. The molecule has 0 spiro atoms. The summed E-state index contributed by atoms with van der Waals surface area (Å²) in [4.78, 5) is 10.9. The molecule has 0 radical (unpaired) electrons. The smallest absolute Gasteiger partial charge is 0.333 e. The number of aliphatic hydroxyl groups excluding tert-OH is 1. The van der Waals surface area contributed by atoms with Gasteiger partial charge in [0.1, 0.15) is 0 Å². The van der Waals surface area contributed by atoms with Crippen molar-refractivity contribution in [2.45, 2.75) is 44.6 Å². The number of carbonyl (C=O) groups is 1. The van der Waals surface area contributed by atoms with E-state index in [4.69, 9.17) is 14.6 Å². The molecule has 1 rings (SSSR count). The highest BCUT2D eigenvalue weighted by Gasteiger charge is 2.24. The average Bonchev–Trinajstić information content (AvgIpc) is 2.46. The van der Waals surface area contributed by atoms with Crippen LogP contribution in [0.1, 0.15) is 18.4 Å². The number of halogens is 2. The molecule has 8 heteroatoms. The summed E-state index contributed by atoms with van der Waals surface area (Å²) in [5.41, 5.74) is 0.690. The van der Waals surface area contributed by atoms with Gasteiger partial charge < -0.3 is 19.7 Å². The molecule has 0 aliphatic rings. The third-order valence-corrected chi connectivity index (χ3v) is 6.44. The molecular weight excluding hydrogens is 460 g/mol. The number of hydrogen-bond acceptors (Lipinski definition) is 4. The van der Waals surface area contributed by atoms with Crippen molar-refractivity contribution in [3.05, 3.63) is 26.6 Å². The summed E-state index contributed by atoms with van der Waals surface area (Å²) < 4.78 is 12.5. The minimum absolute atomic E-state index is 0.147. The summed E-state index contributed by atoms with van der Waals surface area (Å²) in [6, 6.07) is 4.57. The molecule has 2 unspecified atom stereocenters. The SMILES string of the molecule is CC(c1cc(Br)c(OCOCC[Si](C)(C)C)c(Br)c1)C(O)C(=O)O. The van der Waals surface area contributed by atoms with Crippen molar-refractivity contribution < 1.29 is 24.5 Å². The standard InChI is InChI=1S/C16H24Br2O5Si/c1-10(14(19)16(20)21)11-7-12(17)15(13(18)8-11)23-9-22-5-6-24(2,3)4/h7-8,10,14,19H,5-6,9H2,1-4H3,(H,20,21). The third kappa shape index (κ3) is 6.83. The van der Waals surface area contributed by atoms with E-state index in [1.54, 1.807) is 19.1 Å². The number of carboxylic acids is 1. The van der Waals surface area contributed by atoms with E-state index in [2.05, 4.69) is 51.5 Å². The van der Waals surface area contributed by atoms with Crippen molar-refractivity contribution in [1.82, 2.24) is 0 Å². The molecule has 0 aromatic heterocycles. The van der Waals surface area contributed by atoms with Crippen LogP contribution in [0.2, 0.25) is 25.7 Å². The van der Waals surface area contributed by atoms with Crippen molar-refractivity contribution in [2.75, 3.05) is 13.4 Å². The third-order valence-electron chi connectivity index (χ3n) is 3.56. The van der Waals surface area contributed by atoms with E-state index in [1.165, 1.54) is 0 Å². The molecular formula is C16H24Br2O5Si. The van der Waals surface area contributed by atoms with Crippen LogP contribution in [-0.4, -0.2) is 43.8 Å². The van der Waals surface area contributed by atoms with Gasteiger partial charge in [-0.05, 0) is 55.6 Å². The normalized spacial score (nSPS) is 14.3. The Morgan fingerprint density at radius 3 is 2.25 bits per heavy atom. The van der Waals surface area contributed by atoms with Crippen LogP contribution in [0.5, 0.6) is 5.75 Å². The highest BCUT2D eigenvalue weighted by atomic mass is 79.9. The lowest BCUT2D eigenvalue weighted by Gasteiger charge is -2.19. The number of rotatable bonds is 9. The zero-order chi connectivity index (χ0) is 18.5. The summed E-state index contributed by atoms with van der Waals surface area (Å²) in [6.07, 6.45) is -1.46. The summed E-state index contributed by atoms with van der Waals surface area (Å²) >= 11 is 6.84. The quantitative estimate of drug-likeness (QED) is 0.308. The number of carboxylic acid groups (broad SMARTS) is 1. The van der Waals surface area contributed by atoms with Gasteiger partial charge in [-0.15, -0.1) is 0 Å². The topological polar surface area (TPSA) is 76.0 Å². The lowest BCUT2D eigenvalue weighted by atomic mass is 9.95. The molecule has 0 fully saturated rings. The average molecular weight is 484 g/mol. The van der Waals surface area contributed by atoms with E-state index in [0.29, 0.717) is 26.9 Å². The van der Waals surface area contributed by atoms with E-state index in [1.807, 2.05) is 0 Å². The number of aliphatic carboxylic acids is 1. The predicted octanol–water partition coefficient (Wildman–Crippen LogP) is 4.45. The van der Waals surface area contributed by atoms with Gasteiger partial charge in [-0.3, -0.25) is 0 Å². The van der Waals surface area contributed by atoms with Crippen molar-refractivity contribution in [1.29, 1.82) is 0 Å². The zero-order valence-electron chi connectivity index (χ0n) is 14.3. The first-order chi connectivity index (χ1) is 11.0. The maximum atomic E-state index is 10.9. The lowest BCUT2D eigenvalue weighted by molar-refractivity contribution is -0.147. The van der Waals surface area contributed by atoms with E-state index in [9.17, 15) is 9.90 Å². The fraction of sp³-hybridized carbons (Fsp3) is 0.562. The van der Waals surface area contributed by atoms with Gasteiger partial charge in [0.15, 0.2) is 18.6 Å². The highest BCUT2D eigenvalue weighted by molar-refractivity contribution is 9.11. The minimum atomic E-state index is -1.46. The van der Waals surface area contributed by atoms with E-state index >= 15 is 0 Å². The number of ether oxygens (including phenoxy) is 2. The number of hydrogen-bond donors (Lipinski definition) is 2. The predicted molar refractivity (Wildman–Crippen MR) is 103 cm³/mol. The van der Waals surface area contributed by atoms with Crippen molar-refractivity contribution in [2.24, 2.45) is 0 Å². The molecule has 0 saturated heterocycles.